The van der Waals surface area contributed by atoms with Gasteiger partial charge in [0.25, 0.3) is 0 Å². The van der Waals surface area contributed by atoms with E-state index in [0.29, 0.717) is 35.6 Å². The molecule has 0 saturated heterocycles. The first-order valence-corrected chi connectivity index (χ1v) is 13.4. The van der Waals surface area contributed by atoms with Gasteiger partial charge in [0.15, 0.2) is 0 Å². The number of ether oxygens (including phenoxy) is 2. The van der Waals surface area contributed by atoms with Crippen molar-refractivity contribution in [2.24, 2.45) is 0 Å². The van der Waals surface area contributed by atoms with Gasteiger partial charge in [-0.05, 0) is 0 Å². The standard InChI is InChI=1S/C9H12O2Se.C9H12S2Se.CH4/c2*1-5-4-10-8-6(2)12-7(3)9(8)11-5;/h2*5H,4H2,1-3H3;1H4. The van der Waals surface area contributed by atoms with Crippen molar-refractivity contribution in [2.45, 2.75) is 70.1 Å². The normalized spacial score (nSPS) is 20.9. The first kappa shape index (κ1) is 21.6. The molecule has 140 valence electrons. The van der Waals surface area contributed by atoms with Crippen molar-refractivity contribution in [3.05, 3.63) is 17.7 Å². The summed E-state index contributed by atoms with van der Waals surface area (Å²) in [7, 11) is 0. The van der Waals surface area contributed by atoms with Gasteiger partial charge in [-0.3, -0.25) is 0 Å². The van der Waals surface area contributed by atoms with E-state index in [1.54, 1.807) is 18.7 Å². The third-order valence-corrected chi connectivity index (χ3v) is 11.8. The zero-order valence-corrected chi connectivity index (χ0v) is 20.1. The Kier molecular flexibility index (Phi) is 7.77. The van der Waals surface area contributed by atoms with E-state index >= 15 is 0 Å². The monoisotopic (exact) mass is 512 g/mol. The Morgan fingerprint density at radius 2 is 1.48 bits per heavy atom. The Morgan fingerprint density at radius 1 is 0.880 bits per heavy atom. The number of aryl methyl sites for hydroxylation is 4. The molecule has 0 amide bonds. The van der Waals surface area contributed by atoms with Crippen LogP contribution in [0.1, 0.15) is 39.0 Å². The molecule has 4 heterocycles. The molecular formula is C19H28O2S2Se2. The molecule has 2 unspecified atom stereocenters. The number of hydrogen-bond acceptors (Lipinski definition) is 4. The van der Waals surface area contributed by atoms with Crippen LogP contribution in [-0.2, 0) is 0 Å². The van der Waals surface area contributed by atoms with Gasteiger partial charge in [-0.2, -0.15) is 0 Å². The second-order valence-electron chi connectivity index (χ2n) is 6.22. The van der Waals surface area contributed by atoms with Crippen LogP contribution in [0, 0.1) is 27.7 Å². The minimum absolute atomic E-state index is 0. The average molecular weight is 510 g/mol. The number of hydrogen-bond donors (Lipinski definition) is 0. The molecule has 0 fully saturated rings. The van der Waals surface area contributed by atoms with Crippen LogP contribution < -0.4 is 9.47 Å². The van der Waals surface area contributed by atoms with Crippen molar-refractivity contribution >= 4 is 52.5 Å². The molecule has 2 atom stereocenters. The predicted octanol–water partition coefficient (Wildman–Crippen LogP) is 5.10. The van der Waals surface area contributed by atoms with Crippen LogP contribution in [0.2, 0.25) is 0 Å². The van der Waals surface area contributed by atoms with E-state index in [0.717, 1.165) is 16.7 Å². The molecule has 25 heavy (non-hydrogen) atoms. The van der Waals surface area contributed by atoms with E-state index in [9.17, 15) is 0 Å². The van der Waals surface area contributed by atoms with Crippen molar-refractivity contribution in [1.82, 2.24) is 0 Å². The Bertz CT molecular complexity index is 674. The quantitative estimate of drug-likeness (QED) is 0.459. The number of rotatable bonds is 0. The zero-order chi connectivity index (χ0) is 17.4. The van der Waals surface area contributed by atoms with Crippen LogP contribution >= 0.6 is 23.5 Å². The summed E-state index contributed by atoms with van der Waals surface area (Å²) in [6, 6.07) is 0. The molecule has 0 aliphatic carbocycles. The van der Waals surface area contributed by atoms with E-state index in [2.05, 4.69) is 58.1 Å². The Hall–Kier alpha value is 0.299. The topological polar surface area (TPSA) is 18.5 Å². The second kappa shape index (κ2) is 8.99. The molecule has 0 spiro atoms. The van der Waals surface area contributed by atoms with Crippen LogP contribution in [0.25, 0.3) is 0 Å². The fraction of sp³-hybridized carbons (Fsp3) is 0.579. The maximum atomic E-state index is 5.71. The molecular weight excluding hydrogens is 482 g/mol. The summed E-state index contributed by atoms with van der Waals surface area (Å²) in [5.41, 5.74) is 0. The molecule has 6 heteroatoms. The van der Waals surface area contributed by atoms with Crippen LogP contribution in [0.5, 0.6) is 11.5 Å². The number of thioether (sulfide) groups is 2. The van der Waals surface area contributed by atoms with Gasteiger partial charge >= 0.3 is 166 Å². The molecule has 2 nitrogen and oxygen atoms in total. The third-order valence-electron chi connectivity index (χ3n) is 3.87. The molecule has 0 bridgehead atoms. The predicted molar refractivity (Wildman–Crippen MR) is 114 cm³/mol. The Morgan fingerprint density at radius 3 is 2.20 bits per heavy atom. The van der Waals surface area contributed by atoms with Crippen LogP contribution in [0.15, 0.2) is 9.79 Å². The van der Waals surface area contributed by atoms with Crippen LogP contribution in [-0.4, -0.2) is 52.7 Å². The van der Waals surface area contributed by atoms with Crippen molar-refractivity contribution in [3.8, 4) is 11.5 Å². The van der Waals surface area contributed by atoms with E-state index in [1.165, 1.54) is 14.6 Å². The Balaban J connectivity index is 0.000000173. The minimum atomic E-state index is 0. The molecule has 2 aromatic rings. The Labute approximate surface area is 172 Å². The van der Waals surface area contributed by atoms with Crippen molar-refractivity contribution < 1.29 is 9.47 Å². The maximum absolute atomic E-state index is 5.71. The molecule has 2 aromatic heterocycles. The van der Waals surface area contributed by atoms with E-state index in [4.69, 9.17) is 9.47 Å². The van der Waals surface area contributed by atoms with Crippen molar-refractivity contribution in [1.29, 1.82) is 0 Å². The summed E-state index contributed by atoms with van der Waals surface area (Å²) in [6.07, 6.45) is 0.209. The molecule has 4 rings (SSSR count). The fourth-order valence-electron chi connectivity index (χ4n) is 2.76. The summed E-state index contributed by atoms with van der Waals surface area (Å²) < 4.78 is 17.3. The molecule has 0 radical (unpaired) electrons. The van der Waals surface area contributed by atoms with Gasteiger partial charge < -0.3 is 0 Å². The summed E-state index contributed by atoms with van der Waals surface area (Å²) >= 11 is 5.30. The van der Waals surface area contributed by atoms with Gasteiger partial charge in [0.05, 0.1) is 0 Å². The SMILES string of the molecule is C.Cc1[se]c(C)c2c1OCC(C)O2.Cc1[se]c(C)c2c1SCC(C)S2. The van der Waals surface area contributed by atoms with Gasteiger partial charge in [0.1, 0.15) is 0 Å². The second-order valence-corrected chi connectivity index (χ2v) is 14.7. The summed E-state index contributed by atoms with van der Waals surface area (Å²) in [5.74, 6) is 3.33. The molecule has 0 aromatic carbocycles. The third kappa shape index (κ3) is 4.78. The van der Waals surface area contributed by atoms with Crippen LogP contribution in [0.3, 0.4) is 0 Å². The average Bonchev–Trinajstić information content (AvgIpc) is 2.96. The summed E-state index contributed by atoms with van der Waals surface area (Å²) in [6.45, 7) is 13.9. The van der Waals surface area contributed by atoms with E-state index in [1.807, 2.05) is 6.92 Å². The zero-order valence-electron chi connectivity index (χ0n) is 15.0. The van der Waals surface area contributed by atoms with Gasteiger partial charge in [-0.1, -0.05) is 7.43 Å². The van der Waals surface area contributed by atoms with Crippen LogP contribution in [0.4, 0.5) is 0 Å². The summed E-state index contributed by atoms with van der Waals surface area (Å²) in [4.78, 5) is 3.24. The fourth-order valence-corrected chi connectivity index (χ4v) is 10.4. The van der Waals surface area contributed by atoms with Gasteiger partial charge in [-0.15, -0.1) is 0 Å². The molecule has 0 N–H and O–H groups in total. The van der Waals surface area contributed by atoms with Crippen molar-refractivity contribution in [2.75, 3.05) is 12.4 Å². The molecule has 2 aliphatic heterocycles. The van der Waals surface area contributed by atoms with Gasteiger partial charge in [0, 0.05) is 0 Å². The van der Waals surface area contributed by atoms with Gasteiger partial charge in [0.2, 0.25) is 0 Å². The van der Waals surface area contributed by atoms with E-state index in [-0.39, 0.29) is 13.5 Å². The van der Waals surface area contributed by atoms with E-state index < -0.39 is 0 Å². The molecule has 2 aliphatic rings. The molecule has 0 saturated carbocycles. The summed E-state index contributed by atoms with van der Waals surface area (Å²) in [5, 5.41) is 0.811. The van der Waals surface area contributed by atoms with Gasteiger partial charge in [-0.25, -0.2) is 0 Å². The first-order valence-electron chi connectivity index (χ1n) is 8.15. The number of fused-ring (bicyclic) bond motifs is 2. The first-order chi connectivity index (χ1) is 11.4. The van der Waals surface area contributed by atoms with Crippen molar-refractivity contribution in [3.63, 3.8) is 0 Å².